The van der Waals surface area contributed by atoms with Gasteiger partial charge in [0.2, 0.25) is 0 Å². The van der Waals surface area contributed by atoms with Crippen LogP contribution in [0.15, 0.2) is 24.3 Å². The van der Waals surface area contributed by atoms with Crippen LogP contribution in [-0.4, -0.2) is 32.8 Å². The van der Waals surface area contributed by atoms with Crippen LogP contribution in [0.2, 0.25) is 0 Å². The lowest BCUT2D eigenvalue weighted by atomic mass is 10.2. The molecule has 0 amide bonds. The Morgan fingerprint density at radius 2 is 2.16 bits per heavy atom. The molecule has 0 bridgehead atoms. The van der Waals surface area contributed by atoms with Crippen molar-refractivity contribution < 1.29 is 4.74 Å². The third-order valence-electron chi connectivity index (χ3n) is 4.01. The molecule has 1 saturated carbocycles. The van der Waals surface area contributed by atoms with Crippen LogP contribution in [0.25, 0.3) is 0 Å². The summed E-state index contributed by atoms with van der Waals surface area (Å²) in [6, 6.07) is 8.57. The van der Waals surface area contributed by atoms with Gasteiger partial charge in [0.25, 0.3) is 0 Å². The predicted octanol–water partition coefficient (Wildman–Crippen LogP) is 2.67. The highest BCUT2D eigenvalue weighted by Crippen LogP contribution is 2.32. The van der Waals surface area contributed by atoms with E-state index < -0.39 is 0 Å². The van der Waals surface area contributed by atoms with Gasteiger partial charge in [0.15, 0.2) is 0 Å². The van der Waals surface area contributed by atoms with E-state index in [9.17, 15) is 0 Å². The predicted molar refractivity (Wildman–Crippen MR) is 79.0 cm³/mol. The fraction of sp³-hybridized carbons (Fsp3) is 0.625. The van der Waals surface area contributed by atoms with Crippen molar-refractivity contribution in [3.05, 3.63) is 24.3 Å². The second-order valence-electron chi connectivity index (χ2n) is 5.67. The van der Waals surface area contributed by atoms with Gasteiger partial charge < -0.3 is 15.0 Å². The number of hydrogen-bond donors (Lipinski definition) is 1. The summed E-state index contributed by atoms with van der Waals surface area (Å²) in [7, 11) is 0. The maximum Gasteiger partial charge on any atom is 0.121 e. The van der Waals surface area contributed by atoms with Crippen LogP contribution in [0.3, 0.4) is 0 Å². The first kappa shape index (κ1) is 12.8. The molecule has 1 heterocycles. The number of ether oxygens (including phenoxy) is 1. The zero-order chi connectivity index (χ0) is 12.9. The van der Waals surface area contributed by atoms with Crippen molar-refractivity contribution in [1.82, 2.24) is 5.32 Å². The molecule has 1 aliphatic heterocycles. The normalized spacial score (nSPS) is 20.1. The molecule has 3 rings (SSSR count). The summed E-state index contributed by atoms with van der Waals surface area (Å²) in [6.45, 7) is 5.31. The third-order valence-corrected chi connectivity index (χ3v) is 4.01. The smallest absolute Gasteiger partial charge is 0.121 e. The van der Waals surface area contributed by atoms with E-state index >= 15 is 0 Å². The van der Waals surface area contributed by atoms with Gasteiger partial charge >= 0.3 is 0 Å². The van der Waals surface area contributed by atoms with Gasteiger partial charge in [-0.15, -0.1) is 0 Å². The average molecular weight is 260 g/mol. The van der Waals surface area contributed by atoms with Gasteiger partial charge in [0.1, 0.15) is 5.75 Å². The lowest BCUT2D eigenvalue weighted by Gasteiger charge is -2.22. The van der Waals surface area contributed by atoms with Gasteiger partial charge in [-0.05, 0) is 37.4 Å². The van der Waals surface area contributed by atoms with E-state index in [1.807, 2.05) is 0 Å². The van der Waals surface area contributed by atoms with Crippen molar-refractivity contribution in [2.45, 2.75) is 25.7 Å². The molecule has 2 fully saturated rings. The van der Waals surface area contributed by atoms with E-state index in [1.165, 1.54) is 31.4 Å². The van der Waals surface area contributed by atoms with Crippen LogP contribution in [0.5, 0.6) is 5.75 Å². The van der Waals surface area contributed by atoms with Crippen LogP contribution in [0.1, 0.15) is 25.7 Å². The minimum Gasteiger partial charge on any atom is -0.494 e. The number of nitrogens with one attached hydrogen (secondary N) is 1. The maximum atomic E-state index is 5.88. The summed E-state index contributed by atoms with van der Waals surface area (Å²) in [5.74, 6) is 1.97. The minimum atomic E-state index is 0.871. The molecule has 0 unspecified atom stereocenters. The van der Waals surface area contributed by atoms with Crippen molar-refractivity contribution in [3.8, 4) is 5.75 Å². The first-order valence-corrected chi connectivity index (χ1v) is 7.60. The molecular formula is C16H24N2O. The Hall–Kier alpha value is -1.22. The second-order valence-corrected chi connectivity index (χ2v) is 5.67. The molecule has 0 aromatic heterocycles. The lowest BCUT2D eigenvalue weighted by molar-refractivity contribution is 0.302. The maximum absolute atomic E-state index is 5.88. The van der Waals surface area contributed by atoms with Crippen molar-refractivity contribution in [3.63, 3.8) is 0 Å². The molecule has 0 radical (unpaired) electrons. The summed E-state index contributed by atoms with van der Waals surface area (Å²) in [4.78, 5) is 2.45. The van der Waals surface area contributed by atoms with Gasteiger partial charge in [0, 0.05) is 31.4 Å². The topological polar surface area (TPSA) is 24.5 Å². The van der Waals surface area contributed by atoms with Gasteiger partial charge in [-0.2, -0.15) is 0 Å². The van der Waals surface area contributed by atoms with Crippen molar-refractivity contribution >= 4 is 5.69 Å². The molecule has 1 aliphatic carbocycles. The first-order valence-electron chi connectivity index (χ1n) is 7.60. The molecule has 3 nitrogen and oxygen atoms in total. The molecule has 0 spiro atoms. The third kappa shape index (κ3) is 3.87. The van der Waals surface area contributed by atoms with Crippen LogP contribution < -0.4 is 15.0 Å². The number of anilines is 1. The van der Waals surface area contributed by atoms with Gasteiger partial charge in [-0.25, -0.2) is 0 Å². The minimum absolute atomic E-state index is 0.871. The molecule has 0 atom stereocenters. The van der Waals surface area contributed by atoms with Crippen LogP contribution >= 0.6 is 0 Å². The Balaban J connectivity index is 1.57. The largest absolute Gasteiger partial charge is 0.494 e. The van der Waals surface area contributed by atoms with E-state index in [1.54, 1.807) is 0 Å². The highest BCUT2D eigenvalue weighted by Gasteiger charge is 2.20. The van der Waals surface area contributed by atoms with Gasteiger partial charge in [0.05, 0.1) is 6.61 Å². The van der Waals surface area contributed by atoms with E-state index in [-0.39, 0.29) is 0 Å². The Bertz CT molecular complexity index is 395. The van der Waals surface area contributed by atoms with E-state index in [2.05, 4.69) is 34.5 Å². The number of rotatable bonds is 5. The standard InChI is InChI=1S/C16H24N2O/c1-3-15(18-10-2-8-17-9-11-18)13-16(4-1)19-12-7-14-5-6-14/h1,3-4,13-14,17H,2,5-12H2. The van der Waals surface area contributed by atoms with Crippen molar-refractivity contribution in [1.29, 1.82) is 0 Å². The quantitative estimate of drug-likeness (QED) is 0.881. The number of nitrogens with zero attached hydrogens (tertiary/aromatic N) is 1. The van der Waals surface area contributed by atoms with Crippen LogP contribution in [0.4, 0.5) is 5.69 Å². The summed E-state index contributed by atoms with van der Waals surface area (Å²) in [5, 5.41) is 3.44. The van der Waals surface area contributed by atoms with E-state index in [0.717, 1.165) is 44.5 Å². The molecule has 3 heteroatoms. The second kappa shape index (κ2) is 6.29. The monoisotopic (exact) mass is 260 g/mol. The van der Waals surface area contributed by atoms with Crippen molar-refractivity contribution in [2.24, 2.45) is 5.92 Å². The number of hydrogen-bond acceptors (Lipinski definition) is 3. The zero-order valence-electron chi connectivity index (χ0n) is 11.6. The summed E-state index contributed by atoms with van der Waals surface area (Å²) >= 11 is 0. The van der Waals surface area contributed by atoms with E-state index in [0.29, 0.717) is 0 Å². The lowest BCUT2D eigenvalue weighted by Crippen LogP contribution is -2.27. The molecule has 1 aromatic carbocycles. The molecule has 2 aliphatic rings. The fourth-order valence-corrected chi connectivity index (χ4v) is 2.62. The molecule has 1 aromatic rings. The summed E-state index contributed by atoms with van der Waals surface area (Å²) in [6.07, 6.45) is 5.25. The fourth-order valence-electron chi connectivity index (χ4n) is 2.62. The molecular weight excluding hydrogens is 236 g/mol. The zero-order valence-corrected chi connectivity index (χ0v) is 11.6. The average Bonchev–Trinajstić information content (AvgIpc) is 3.26. The Kier molecular flexibility index (Phi) is 4.23. The summed E-state index contributed by atoms with van der Waals surface area (Å²) < 4.78 is 5.88. The van der Waals surface area contributed by atoms with Gasteiger partial charge in [-0.3, -0.25) is 0 Å². The Morgan fingerprint density at radius 1 is 1.21 bits per heavy atom. The SMILES string of the molecule is c1cc(OCCC2CC2)cc(N2CCCNCC2)c1. The number of benzene rings is 1. The van der Waals surface area contributed by atoms with Crippen LogP contribution in [0, 0.1) is 5.92 Å². The first-order chi connectivity index (χ1) is 9.42. The Labute approximate surface area is 115 Å². The molecule has 1 N–H and O–H groups in total. The summed E-state index contributed by atoms with van der Waals surface area (Å²) in [5.41, 5.74) is 1.30. The van der Waals surface area contributed by atoms with Crippen LogP contribution in [-0.2, 0) is 0 Å². The highest BCUT2D eigenvalue weighted by atomic mass is 16.5. The van der Waals surface area contributed by atoms with Gasteiger partial charge in [-0.1, -0.05) is 18.9 Å². The molecule has 19 heavy (non-hydrogen) atoms. The Morgan fingerprint density at radius 3 is 3.05 bits per heavy atom. The van der Waals surface area contributed by atoms with Crippen molar-refractivity contribution in [2.75, 3.05) is 37.7 Å². The highest BCUT2D eigenvalue weighted by molar-refractivity contribution is 5.50. The molecule has 104 valence electrons. The molecule has 1 saturated heterocycles. The van der Waals surface area contributed by atoms with E-state index in [4.69, 9.17) is 4.74 Å².